The molecule has 7 nitrogen and oxygen atoms in total. The second-order valence-corrected chi connectivity index (χ2v) is 10.4. The van der Waals surface area contributed by atoms with Crippen LogP contribution in [0.1, 0.15) is 49.2 Å². The summed E-state index contributed by atoms with van der Waals surface area (Å²) in [6.45, 7) is 4.60. The molecule has 1 aliphatic heterocycles. The van der Waals surface area contributed by atoms with Crippen LogP contribution in [0.5, 0.6) is 0 Å². The van der Waals surface area contributed by atoms with Gasteiger partial charge in [0.1, 0.15) is 11.6 Å². The molecule has 0 aliphatic carbocycles. The molecule has 1 fully saturated rings. The first-order valence-corrected chi connectivity index (χ1v) is 12.4. The molecule has 0 unspecified atom stereocenters. The summed E-state index contributed by atoms with van der Waals surface area (Å²) in [7, 11) is 0. The number of carbonyl (C=O) groups is 1. The van der Waals surface area contributed by atoms with E-state index < -0.39 is 40.9 Å². The van der Waals surface area contributed by atoms with Crippen molar-refractivity contribution >= 4 is 29.2 Å². The van der Waals surface area contributed by atoms with E-state index >= 15 is 4.39 Å². The Morgan fingerprint density at radius 3 is 2.63 bits per heavy atom. The lowest BCUT2D eigenvalue weighted by molar-refractivity contribution is -0.153. The second kappa shape index (κ2) is 10.5. The zero-order chi connectivity index (χ0) is 27.8. The second-order valence-electron chi connectivity index (χ2n) is 10.0. The van der Waals surface area contributed by atoms with Gasteiger partial charge in [0.25, 0.3) is 5.92 Å². The molecule has 12 heteroatoms. The number of aromatic amines is 1. The van der Waals surface area contributed by atoms with E-state index in [0.29, 0.717) is 24.0 Å². The molecular formula is C26H28ClF4N5O2. The minimum Gasteiger partial charge on any atom is -0.481 e. The number of likely N-dealkylation sites (tertiary alicyclic amines) is 1. The van der Waals surface area contributed by atoms with Crippen molar-refractivity contribution in [3.05, 3.63) is 69.5 Å². The minimum absolute atomic E-state index is 0.00406. The third-order valence-electron chi connectivity index (χ3n) is 7.01. The largest absolute Gasteiger partial charge is 0.481 e. The van der Waals surface area contributed by atoms with Crippen LogP contribution in [-0.4, -0.2) is 43.7 Å². The molecule has 1 aliphatic rings. The minimum atomic E-state index is -3.53. The summed E-state index contributed by atoms with van der Waals surface area (Å²) in [5.41, 5.74) is -1.64. The number of aryl methyl sites for hydroxylation is 1. The molecule has 204 valence electrons. The molecule has 2 atom stereocenters. The van der Waals surface area contributed by atoms with Crippen molar-refractivity contribution in [2.24, 2.45) is 5.41 Å². The molecule has 3 heterocycles. The lowest BCUT2D eigenvalue weighted by Crippen LogP contribution is -2.50. The van der Waals surface area contributed by atoms with Gasteiger partial charge in [0.15, 0.2) is 11.6 Å². The van der Waals surface area contributed by atoms with E-state index in [4.69, 9.17) is 11.6 Å². The maximum atomic E-state index is 15.4. The number of H-pyrrole nitrogens is 1. The number of carboxylic acids is 1. The number of hydrogen-bond donors (Lipinski definition) is 3. The summed E-state index contributed by atoms with van der Waals surface area (Å²) in [6, 6.07) is 6.88. The molecular weight excluding hydrogens is 526 g/mol. The summed E-state index contributed by atoms with van der Waals surface area (Å²) >= 11 is 5.89. The van der Waals surface area contributed by atoms with Gasteiger partial charge in [-0.1, -0.05) is 23.7 Å². The first-order valence-electron chi connectivity index (χ1n) is 12.1. The average molecular weight is 554 g/mol. The van der Waals surface area contributed by atoms with Gasteiger partial charge < -0.3 is 10.4 Å². The Kier molecular flexibility index (Phi) is 7.72. The van der Waals surface area contributed by atoms with Gasteiger partial charge in [-0.25, -0.2) is 22.5 Å². The van der Waals surface area contributed by atoms with Crippen LogP contribution in [0.25, 0.3) is 0 Å². The monoisotopic (exact) mass is 553 g/mol. The number of benzene rings is 1. The van der Waals surface area contributed by atoms with Gasteiger partial charge >= 0.3 is 5.97 Å². The zero-order valence-corrected chi connectivity index (χ0v) is 21.8. The fourth-order valence-corrected chi connectivity index (χ4v) is 5.14. The highest BCUT2D eigenvalue weighted by Crippen LogP contribution is 2.41. The van der Waals surface area contributed by atoms with E-state index in [1.165, 1.54) is 6.07 Å². The van der Waals surface area contributed by atoms with E-state index in [0.717, 1.165) is 6.07 Å². The fourth-order valence-electron chi connectivity index (χ4n) is 4.95. The fraction of sp³-hybridized carbons (Fsp3) is 0.423. The Hall–Kier alpha value is -3.18. The molecule has 3 aromatic rings. The molecule has 0 spiro atoms. The quantitative estimate of drug-likeness (QED) is 0.288. The number of aliphatic carboxylic acids is 1. The zero-order valence-electron chi connectivity index (χ0n) is 21.1. The lowest BCUT2D eigenvalue weighted by Gasteiger charge is -2.43. The van der Waals surface area contributed by atoms with E-state index in [1.54, 1.807) is 32.0 Å². The van der Waals surface area contributed by atoms with Crippen LogP contribution in [0.3, 0.4) is 0 Å². The summed E-state index contributed by atoms with van der Waals surface area (Å²) in [6.07, 6.45) is -0.222. The third kappa shape index (κ3) is 5.78. The van der Waals surface area contributed by atoms with Crippen molar-refractivity contribution in [3.8, 4) is 0 Å². The number of nitrogens with one attached hydrogen (secondary N) is 2. The Labute approximate surface area is 222 Å². The van der Waals surface area contributed by atoms with E-state index in [-0.39, 0.29) is 48.5 Å². The average Bonchev–Trinajstić information content (AvgIpc) is 3.24. The van der Waals surface area contributed by atoms with Crippen molar-refractivity contribution < 1.29 is 27.5 Å². The van der Waals surface area contributed by atoms with Gasteiger partial charge in [0.2, 0.25) is 0 Å². The van der Waals surface area contributed by atoms with Crippen LogP contribution >= 0.6 is 11.6 Å². The van der Waals surface area contributed by atoms with Gasteiger partial charge in [-0.3, -0.25) is 14.8 Å². The summed E-state index contributed by atoms with van der Waals surface area (Å²) in [5, 5.41) is 19.7. The van der Waals surface area contributed by atoms with Crippen LogP contribution in [0, 0.1) is 24.0 Å². The van der Waals surface area contributed by atoms with Crippen molar-refractivity contribution in [3.63, 3.8) is 0 Å². The van der Waals surface area contributed by atoms with Crippen LogP contribution in [-0.2, 0) is 23.7 Å². The van der Waals surface area contributed by atoms with Crippen LogP contribution in [0.2, 0.25) is 5.02 Å². The van der Waals surface area contributed by atoms with Gasteiger partial charge in [-0.15, -0.1) is 0 Å². The number of pyridine rings is 1. The molecule has 2 aromatic heterocycles. The standard InChI is InChI=1S/C26H28ClF4N5O2/c1-14-9-21(35-34-14)33-20-10-17(25(3,30)31)23(29)19(32-20)12-26(24(37)38)7-8-36(15(2)11-26)13-16-5-4-6-18(27)22(16)28/h4-6,9-10,15H,7-8,11-13H2,1-3H3,(H,37,38)(H2,32,33,34,35)/t15-,26-/m1/s1. The molecule has 0 bridgehead atoms. The number of anilines is 2. The third-order valence-corrected chi connectivity index (χ3v) is 7.30. The molecule has 38 heavy (non-hydrogen) atoms. The predicted octanol–water partition coefficient (Wildman–Crippen LogP) is 6.20. The molecule has 3 N–H and O–H groups in total. The van der Waals surface area contributed by atoms with Gasteiger partial charge in [-0.2, -0.15) is 5.10 Å². The molecule has 1 saturated heterocycles. The Morgan fingerprint density at radius 2 is 2.03 bits per heavy atom. The van der Waals surface area contributed by atoms with E-state index in [1.807, 2.05) is 4.90 Å². The summed E-state index contributed by atoms with van der Waals surface area (Å²) in [5.74, 6) is -6.27. The SMILES string of the molecule is Cc1cc(Nc2cc(C(C)(F)F)c(F)c(C[C@@]3(C(=O)O)CCN(Cc4cccc(Cl)c4F)[C@H](C)C3)n2)n[nH]1. The first-order chi connectivity index (χ1) is 17.8. The highest BCUT2D eigenvalue weighted by molar-refractivity contribution is 6.30. The normalized spacial score (nSPS) is 20.5. The van der Waals surface area contributed by atoms with Crippen molar-refractivity contribution in [1.29, 1.82) is 0 Å². The first kappa shape index (κ1) is 27.8. The van der Waals surface area contributed by atoms with Crippen molar-refractivity contribution in [1.82, 2.24) is 20.1 Å². The van der Waals surface area contributed by atoms with Gasteiger partial charge in [0.05, 0.1) is 21.7 Å². The number of hydrogen-bond acceptors (Lipinski definition) is 5. The lowest BCUT2D eigenvalue weighted by atomic mass is 9.72. The van der Waals surface area contributed by atoms with E-state index in [9.17, 15) is 23.1 Å². The molecule has 1 aromatic carbocycles. The Bertz CT molecular complexity index is 1350. The highest BCUT2D eigenvalue weighted by Gasteiger charge is 2.46. The number of halogens is 5. The maximum Gasteiger partial charge on any atom is 0.310 e. The van der Waals surface area contributed by atoms with Gasteiger partial charge in [-0.05, 0) is 45.4 Å². The van der Waals surface area contributed by atoms with Crippen LogP contribution < -0.4 is 5.32 Å². The molecule has 0 amide bonds. The Balaban J connectivity index is 1.63. The Morgan fingerprint density at radius 1 is 1.29 bits per heavy atom. The molecule has 0 saturated carbocycles. The highest BCUT2D eigenvalue weighted by atomic mass is 35.5. The summed E-state index contributed by atoms with van der Waals surface area (Å²) in [4.78, 5) is 18.6. The smallest absolute Gasteiger partial charge is 0.310 e. The number of rotatable bonds is 8. The maximum absolute atomic E-state index is 15.4. The van der Waals surface area contributed by atoms with Crippen molar-refractivity contribution in [2.75, 3.05) is 11.9 Å². The topological polar surface area (TPSA) is 94.1 Å². The number of aromatic nitrogens is 3. The predicted molar refractivity (Wildman–Crippen MR) is 135 cm³/mol. The van der Waals surface area contributed by atoms with Gasteiger partial charge in [0, 0.05) is 43.3 Å². The molecule has 0 radical (unpaired) electrons. The van der Waals surface area contributed by atoms with E-state index in [2.05, 4.69) is 20.5 Å². The summed E-state index contributed by atoms with van der Waals surface area (Å²) < 4.78 is 58.5. The molecule has 4 rings (SSSR count). The van der Waals surface area contributed by atoms with Crippen molar-refractivity contribution in [2.45, 2.75) is 58.5 Å². The van der Waals surface area contributed by atoms with Crippen LogP contribution in [0.15, 0.2) is 30.3 Å². The number of carboxylic acid groups (broad SMARTS) is 1. The van der Waals surface area contributed by atoms with Crippen LogP contribution in [0.4, 0.5) is 29.2 Å². The number of alkyl halides is 2. The number of piperidine rings is 1. The number of nitrogens with zero attached hydrogens (tertiary/aromatic N) is 3.